The molecule has 1 aliphatic rings. The molecule has 246 valence electrons. The van der Waals surface area contributed by atoms with Crippen molar-refractivity contribution in [2.24, 2.45) is 5.41 Å². The van der Waals surface area contributed by atoms with Gasteiger partial charge < -0.3 is 20.1 Å². The number of likely N-dealkylation sites (tertiary alicyclic amines) is 1. The number of nitrogens with one attached hydrogen (secondary N) is 1. The molecule has 2 aromatic carbocycles. The maximum atomic E-state index is 14.6. The fourth-order valence-electron chi connectivity index (χ4n) is 5.93. The minimum Gasteiger partial charge on any atom is -0.480 e. The van der Waals surface area contributed by atoms with Gasteiger partial charge in [0.15, 0.2) is 0 Å². The number of hydrogen-bond donors (Lipinski definition) is 2. The quantitative estimate of drug-likeness (QED) is 0.151. The van der Waals surface area contributed by atoms with Crippen molar-refractivity contribution in [3.05, 3.63) is 72.8 Å². The van der Waals surface area contributed by atoms with Crippen LogP contribution in [-0.4, -0.2) is 58.0 Å². The van der Waals surface area contributed by atoms with E-state index in [-0.39, 0.29) is 18.9 Å². The van der Waals surface area contributed by atoms with Crippen LogP contribution in [0.3, 0.4) is 0 Å². The summed E-state index contributed by atoms with van der Waals surface area (Å²) in [6, 6.07) is 16.4. The van der Waals surface area contributed by atoms with Crippen molar-refractivity contribution in [1.82, 2.24) is 10.2 Å². The van der Waals surface area contributed by atoms with Gasteiger partial charge in [-0.3, -0.25) is 4.79 Å². The third kappa shape index (κ3) is 9.86. The minimum absolute atomic E-state index is 0.237. The number of carboxylic acid groups (broad SMARTS) is 1. The summed E-state index contributed by atoms with van der Waals surface area (Å²) in [5.74, 6) is -0.581. The van der Waals surface area contributed by atoms with E-state index in [9.17, 15) is 19.5 Å². The molecule has 3 rings (SSSR count). The number of rotatable bonds is 15. The predicted molar refractivity (Wildman–Crippen MR) is 184 cm³/mol. The molecule has 3 atom stereocenters. The fourth-order valence-corrected chi connectivity index (χ4v) is 7.56. The Morgan fingerprint density at radius 2 is 1.69 bits per heavy atom. The average molecular weight is 637 g/mol. The van der Waals surface area contributed by atoms with E-state index >= 15 is 0 Å². The van der Waals surface area contributed by atoms with E-state index in [1.54, 1.807) is 32.5 Å². The molecule has 0 aliphatic carbocycles. The van der Waals surface area contributed by atoms with Crippen molar-refractivity contribution in [3.63, 3.8) is 0 Å². The highest BCUT2D eigenvalue weighted by Crippen LogP contribution is 2.48. The SMILES string of the molecule is C=CCCCCC(C)(C)C(NC(=O)OC(C)(C)C)C(=O)N1C[C@](SCCCC)(c2ccc(-c3ccccc3)cc2)C[C@H]1C(=O)O. The Hall–Kier alpha value is -3.26. The standard InChI is InChI=1S/C37H52N2O5S/c1-8-10-12-16-23-36(6,7)31(38-34(43)44-35(3,4)5)32(40)39-26-37(45-24-11-9-2,25-30(39)33(41)42)29-21-19-28(20-22-29)27-17-14-13-15-18-27/h8,13-15,17-22,30-31H,1,9-12,16,23-26H2,2-7H3,(H,38,43)(H,41,42)/t30-,31?,37-/m0/s1. The van der Waals surface area contributed by atoms with Crippen LogP contribution in [0.25, 0.3) is 11.1 Å². The van der Waals surface area contributed by atoms with Crippen LogP contribution in [0.2, 0.25) is 0 Å². The highest BCUT2D eigenvalue weighted by Gasteiger charge is 2.53. The van der Waals surface area contributed by atoms with Gasteiger partial charge in [-0.2, -0.15) is 0 Å². The third-order valence-electron chi connectivity index (χ3n) is 8.46. The molecule has 1 aliphatic heterocycles. The van der Waals surface area contributed by atoms with Crippen LogP contribution in [0.15, 0.2) is 67.3 Å². The number of nitrogens with zero attached hydrogens (tertiary/aromatic N) is 1. The number of unbranched alkanes of at least 4 members (excludes halogenated alkanes) is 3. The molecule has 0 spiro atoms. The van der Waals surface area contributed by atoms with Gasteiger partial charge in [-0.15, -0.1) is 18.3 Å². The molecule has 0 radical (unpaired) electrons. The number of aliphatic carboxylic acids is 1. The number of thioether (sulfide) groups is 1. The van der Waals surface area contributed by atoms with Crippen molar-refractivity contribution in [2.75, 3.05) is 12.3 Å². The van der Waals surface area contributed by atoms with Gasteiger partial charge in [0, 0.05) is 6.54 Å². The van der Waals surface area contributed by atoms with Crippen LogP contribution in [0.5, 0.6) is 0 Å². The van der Waals surface area contributed by atoms with Gasteiger partial charge in [-0.1, -0.05) is 94.3 Å². The smallest absolute Gasteiger partial charge is 0.408 e. The summed E-state index contributed by atoms with van der Waals surface area (Å²) in [4.78, 5) is 41.9. The highest BCUT2D eigenvalue weighted by molar-refractivity contribution is 8.00. The van der Waals surface area contributed by atoms with Crippen LogP contribution in [0, 0.1) is 5.41 Å². The molecular weight excluding hydrogens is 584 g/mol. The van der Waals surface area contributed by atoms with Crippen LogP contribution < -0.4 is 5.32 Å². The van der Waals surface area contributed by atoms with Crippen molar-refractivity contribution in [3.8, 4) is 11.1 Å². The van der Waals surface area contributed by atoms with Crippen molar-refractivity contribution >= 4 is 29.7 Å². The normalized spacial score (nSPS) is 19.2. The van der Waals surface area contributed by atoms with Gasteiger partial charge in [-0.25, -0.2) is 9.59 Å². The van der Waals surface area contributed by atoms with Crippen LogP contribution in [0.4, 0.5) is 4.79 Å². The number of alkyl carbamates (subject to hydrolysis) is 1. The molecule has 2 N–H and O–H groups in total. The lowest BCUT2D eigenvalue weighted by Crippen LogP contribution is -2.58. The molecule has 1 saturated heterocycles. The summed E-state index contributed by atoms with van der Waals surface area (Å²) in [7, 11) is 0. The number of amides is 2. The minimum atomic E-state index is -1.04. The van der Waals surface area contributed by atoms with Gasteiger partial charge in [-0.05, 0) is 80.7 Å². The second-order valence-corrected chi connectivity index (χ2v) is 15.2. The summed E-state index contributed by atoms with van der Waals surface area (Å²) in [5.41, 5.74) is 1.78. The van der Waals surface area contributed by atoms with Crippen LogP contribution in [-0.2, 0) is 19.1 Å². The molecule has 1 unspecified atom stereocenters. The first kappa shape index (κ1) is 36.2. The second-order valence-electron chi connectivity index (χ2n) is 13.8. The lowest BCUT2D eigenvalue weighted by molar-refractivity contribution is -0.150. The molecule has 2 aromatic rings. The number of hydrogen-bond acceptors (Lipinski definition) is 5. The van der Waals surface area contributed by atoms with Crippen LogP contribution in [0.1, 0.15) is 92.1 Å². The van der Waals surface area contributed by atoms with E-state index in [0.717, 1.165) is 54.5 Å². The number of carbonyl (C=O) groups excluding carboxylic acids is 2. The van der Waals surface area contributed by atoms with Gasteiger partial charge in [0.05, 0.1) is 4.75 Å². The highest BCUT2D eigenvalue weighted by atomic mass is 32.2. The molecular formula is C37H52N2O5S. The van der Waals surface area contributed by atoms with Crippen molar-refractivity contribution in [1.29, 1.82) is 0 Å². The Morgan fingerprint density at radius 1 is 1.04 bits per heavy atom. The lowest BCUT2D eigenvalue weighted by Gasteiger charge is -2.38. The third-order valence-corrected chi connectivity index (χ3v) is 10.0. The van der Waals surface area contributed by atoms with E-state index in [1.165, 1.54) is 4.90 Å². The van der Waals surface area contributed by atoms with E-state index in [2.05, 4.69) is 55.2 Å². The van der Waals surface area contributed by atoms with E-state index in [0.29, 0.717) is 6.42 Å². The van der Waals surface area contributed by atoms with Gasteiger partial charge in [0.2, 0.25) is 5.91 Å². The van der Waals surface area contributed by atoms with Crippen molar-refractivity contribution < 1.29 is 24.2 Å². The largest absolute Gasteiger partial charge is 0.480 e. The summed E-state index contributed by atoms with van der Waals surface area (Å²) in [6.45, 7) is 15.4. The zero-order chi connectivity index (χ0) is 33.3. The molecule has 1 fully saturated rings. The van der Waals surface area contributed by atoms with E-state index in [4.69, 9.17) is 4.74 Å². The monoisotopic (exact) mass is 636 g/mol. The van der Waals surface area contributed by atoms with Crippen LogP contribution >= 0.6 is 11.8 Å². The molecule has 0 saturated carbocycles. The second kappa shape index (κ2) is 15.8. The number of allylic oxidation sites excluding steroid dienone is 1. The average Bonchev–Trinajstić information content (AvgIpc) is 3.39. The Morgan fingerprint density at radius 3 is 2.27 bits per heavy atom. The summed E-state index contributed by atoms with van der Waals surface area (Å²) in [6.07, 6.45) is 6.75. The number of benzene rings is 2. The zero-order valence-electron chi connectivity index (χ0n) is 27.9. The zero-order valence-corrected chi connectivity index (χ0v) is 28.8. The lowest BCUT2D eigenvalue weighted by atomic mass is 9.78. The van der Waals surface area contributed by atoms with Gasteiger partial charge >= 0.3 is 12.1 Å². The molecule has 1 heterocycles. The number of ether oxygens (including phenoxy) is 1. The summed E-state index contributed by atoms with van der Waals surface area (Å²) >= 11 is 1.73. The van der Waals surface area contributed by atoms with Gasteiger partial charge in [0.25, 0.3) is 0 Å². The first-order chi connectivity index (χ1) is 21.2. The topological polar surface area (TPSA) is 95.9 Å². The summed E-state index contributed by atoms with van der Waals surface area (Å²) < 4.78 is 4.96. The molecule has 7 nitrogen and oxygen atoms in total. The molecule has 45 heavy (non-hydrogen) atoms. The Bertz CT molecular complexity index is 1290. The number of carboxylic acids is 1. The predicted octanol–water partition coefficient (Wildman–Crippen LogP) is 8.43. The van der Waals surface area contributed by atoms with E-state index in [1.807, 2.05) is 38.1 Å². The maximum Gasteiger partial charge on any atom is 0.408 e. The Kier molecular flexibility index (Phi) is 12.7. The maximum absolute atomic E-state index is 14.6. The van der Waals surface area contributed by atoms with Crippen molar-refractivity contribution in [2.45, 2.75) is 109 Å². The summed E-state index contributed by atoms with van der Waals surface area (Å²) in [5, 5.41) is 13.3. The van der Waals surface area contributed by atoms with Gasteiger partial charge in [0.1, 0.15) is 17.7 Å². The molecule has 0 aromatic heterocycles. The molecule has 0 bridgehead atoms. The first-order valence-corrected chi connectivity index (χ1v) is 17.1. The number of carbonyl (C=O) groups is 3. The molecule has 2 amide bonds. The Labute approximate surface area is 274 Å². The fraction of sp³-hybridized carbons (Fsp3) is 0.541. The molecule has 8 heteroatoms. The first-order valence-electron chi connectivity index (χ1n) is 16.2. The van der Waals surface area contributed by atoms with E-state index < -0.39 is 39.9 Å². The Balaban J connectivity index is 2.00.